The molecule has 0 saturated carbocycles. The first-order valence-electron chi connectivity index (χ1n) is 24.0. The summed E-state index contributed by atoms with van der Waals surface area (Å²) in [6, 6.07) is 19.7. The van der Waals surface area contributed by atoms with E-state index in [2.05, 4.69) is 20.6 Å². The molecule has 0 unspecified atom stereocenters. The summed E-state index contributed by atoms with van der Waals surface area (Å²) in [5.41, 5.74) is 5.90. The van der Waals surface area contributed by atoms with Crippen molar-refractivity contribution in [2.75, 3.05) is 37.1 Å². The SMILES string of the molecule is CCCOc1c2cccc1Cc1cc(NC(=O)Cn3cc(C)c(=O)[nH]c3=O)cc(c1OCCC)Cc1cccc(c1OCCC)Cc1cc(NC(=O)Cn3cc(C)c(=O)[nH]c3=O)cc(c1OCCC)C2. The summed E-state index contributed by atoms with van der Waals surface area (Å²) >= 11 is 0. The molecule has 6 aromatic rings. The summed E-state index contributed by atoms with van der Waals surface area (Å²) < 4.78 is 29.0. The van der Waals surface area contributed by atoms with E-state index in [4.69, 9.17) is 18.9 Å². The van der Waals surface area contributed by atoms with E-state index in [1.165, 1.54) is 21.5 Å². The first-order valence-corrected chi connectivity index (χ1v) is 24.0. The van der Waals surface area contributed by atoms with Gasteiger partial charge in [-0.3, -0.25) is 38.3 Å². The summed E-state index contributed by atoms with van der Waals surface area (Å²) in [6.45, 7) is 12.4. The Morgan fingerprint density at radius 2 is 0.771 bits per heavy atom. The lowest BCUT2D eigenvalue weighted by molar-refractivity contribution is -0.117. The maximum Gasteiger partial charge on any atom is 0.328 e. The number of H-pyrrole nitrogens is 2. The molecule has 16 nitrogen and oxygen atoms in total. The largest absolute Gasteiger partial charge is 0.493 e. The third kappa shape index (κ3) is 12.1. The highest BCUT2D eigenvalue weighted by molar-refractivity contribution is 5.92. The van der Waals surface area contributed by atoms with Crippen LogP contribution in [0.25, 0.3) is 0 Å². The molecule has 0 aliphatic heterocycles. The number of nitrogens with zero attached hydrogens (tertiary/aromatic N) is 2. The van der Waals surface area contributed by atoms with Crippen molar-refractivity contribution in [1.82, 2.24) is 19.1 Å². The highest BCUT2D eigenvalue weighted by Gasteiger charge is 2.24. The van der Waals surface area contributed by atoms with Crippen molar-refractivity contribution in [3.05, 3.63) is 170 Å². The fourth-order valence-electron chi connectivity index (χ4n) is 8.57. The second-order valence-electron chi connectivity index (χ2n) is 17.7. The Bertz CT molecular complexity index is 2830. The maximum absolute atomic E-state index is 13.8. The van der Waals surface area contributed by atoms with Gasteiger partial charge in [0.1, 0.15) is 36.1 Å². The molecule has 0 atom stereocenters. The Hall–Kier alpha value is -7.62. The Kier molecular flexibility index (Phi) is 16.6. The van der Waals surface area contributed by atoms with Gasteiger partial charge < -0.3 is 29.6 Å². The number of aromatic amines is 2. The molecule has 368 valence electrons. The van der Waals surface area contributed by atoms with E-state index in [9.17, 15) is 28.8 Å². The van der Waals surface area contributed by atoms with E-state index in [1.54, 1.807) is 13.8 Å². The lowest BCUT2D eigenvalue weighted by atomic mass is 9.90. The Morgan fingerprint density at radius 3 is 1.06 bits per heavy atom. The van der Waals surface area contributed by atoms with Crippen molar-refractivity contribution < 1.29 is 28.5 Å². The summed E-state index contributed by atoms with van der Waals surface area (Å²) in [4.78, 5) is 81.6. The van der Waals surface area contributed by atoms with E-state index >= 15 is 0 Å². The second-order valence-corrected chi connectivity index (χ2v) is 17.7. The van der Waals surface area contributed by atoms with E-state index in [0.29, 0.717) is 97.6 Å². The van der Waals surface area contributed by atoms with Crippen molar-refractivity contribution in [2.45, 2.75) is 106 Å². The quantitative estimate of drug-likeness (QED) is 0.0686. The lowest BCUT2D eigenvalue weighted by Gasteiger charge is -2.24. The Morgan fingerprint density at radius 1 is 0.486 bits per heavy atom. The van der Waals surface area contributed by atoms with Crippen LogP contribution < -0.4 is 52.1 Å². The zero-order valence-electron chi connectivity index (χ0n) is 40.8. The van der Waals surface area contributed by atoms with Crippen molar-refractivity contribution in [3.8, 4) is 23.0 Å². The Labute approximate surface area is 406 Å². The van der Waals surface area contributed by atoms with Gasteiger partial charge in [0.15, 0.2) is 0 Å². The summed E-state index contributed by atoms with van der Waals surface area (Å²) in [5.74, 6) is 1.81. The normalized spacial score (nSPS) is 12.0. The van der Waals surface area contributed by atoms with Crippen LogP contribution >= 0.6 is 0 Å². The van der Waals surface area contributed by atoms with E-state index in [0.717, 1.165) is 70.2 Å². The van der Waals surface area contributed by atoms with Crippen molar-refractivity contribution in [2.24, 2.45) is 0 Å². The predicted octanol–water partition coefficient (Wildman–Crippen LogP) is 7.11. The number of ether oxygens (including phenoxy) is 4. The van der Waals surface area contributed by atoms with Crippen molar-refractivity contribution in [3.63, 3.8) is 0 Å². The van der Waals surface area contributed by atoms with Crippen LogP contribution in [0.5, 0.6) is 23.0 Å². The van der Waals surface area contributed by atoms with Gasteiger partial charge in [-0.2, -0.15) is 0 Å². The minimum absolute atomic E-state index is 0.304. The third-order valence-corrected chi connectivity index (χ3v) is 11.7. The number of aromatic nitrogens is 4. The maximum atomic E-state index is 13.8. The molecule has 0 radical (unpaired) electrons. The van der Waals surface area contributed by atoms with Crippen LogP contribution in [-0.4, -0.2) is 57.3 Å². The standard InChI is InChI=1S/C54H62N6O10/c1-7-17-67-47-35-13-11-14-36(47)22-40-26-44(56-46(62)32-60-30-34(6)52(64)58-54(60)66)28-42(50(40)70-20-10-4)24-38-16-12-15-37(48(38)68-18-8-2)23-41-27-43(25-39(21-35)49(41)69-19-9-3)55-45(61)31-59-29-33(5)51(63)57-53(59)65/h11-16,25-30H,7-10,17-24,31-32H2,1-6H3,(H,55,61)(H,56,62)(H,57,63,65)(H,58,64,66). The second kappa shape index (κ2) is 23.1. The van der Waals surface area contributed by atoms with Gasteiger partial charge in [-0.15, -0.1) is 0 Å². The smallest absolute Gasteiger partial charge is 0.328 e. The minimum atomic E-state index is -0.686. The summed E-state index contributed by atoms with van der Waals surface area (Å²) in [7, 11) is 0. The molecule has 1 aliphatic carbocycles. The number of anilines is 2. The fourth-order valence-corrected chi connectivity index (χ4v) is 8.57. The molecule has 4 N–H and O–H groups in total. The zero-order chi connectivity index (χ0) is 49.9. The first kappa shape index (κ1) is 50.3. The number of nitrogens with one attached hydrogen (secondary N) is 4. The molecule has 2 aromatic heterocycles. The topological polar surface area (TPSA) is 205 Å². The van der Waals surface area contributed by atoms with Gasteiger partial charge >= 0.3 is 11.4 Å². The van der Waals surface area contributed by atoms with Gasteiger partial charge in [-0.25, -0.2) is 9.59 Å². The molecule has 16 heteroatoms. The first-order chi connectivity index (χ1) is 33.8. The van der Waals surface area contributed by atoms with E-state index < -0.39 is 34.3 Å². The monoisotopic (exact) mass is 954 g/mol. The molecule has 2 heterocycles. The zero-order valence-corrected chi connectivity index (χ0v) is 40.8. The molecule has 7 rings (SSSR count). The molecule has 0 fully saturated rings. The molecule has 70 heavy (non-hydrogen) atoms. The van der Waals surface area contributed by atoms with Crippen molar-refractivity contribution >= 4 is 23.2 Å². The molecule has 2 amide bonds. The number of hydrogen-bond donors (Lipinski definition) is 4. The molecule has 4 aromatic carbocycles. The third-order valence-electron chi connectivity index (χ3n) is 11.7. The van der Waals surface area contributed by atoms with Crippen LogP contribution in [0.1, 0.15) is 109 Å². The van der Waals surface area contributed by atoms with Crippen LogP contribution in [-0.2, 0) is 48.4 Å². The number of benzene rings is 4. The molecule has 8 bridgehead atoms. The van der Waals surface area contributed by atoms with Gasteiger partial charge in [0.25, 0.3) is 11.1 Å². The minimum Gasteiger partial charge on any atom is -0.493 e. The molecule has 1 aliphatic rings. The van der Waals surface area contributed by atoms with Crippen LogP contribution in [0, 0.1) is 13.8 Å². The number of aryl methyl sites for hydroxylation is 2. The van der Waals surface area contributed by atoms with Crippen LogP contribution in [0.4, 0.5) is 11.4 Å². The number of rotatable bonds is 18. The number of carbonyl (C=O) groups is 2. The molecular weight excluding hydrogens is 893 g/mol. The fraction of sp³-hybridized carbons (Fsp3) is 0.370. The van der Waals surface area contributed by atoms with Crippen LogP contribution in [0.15, 0.2) is 92.2 Å². The average Bonchev–Trinajstić information content (AvgIpc) is 3.31. The lowest BCUT2D eigenvalue weighted by Crippen LogP contribution is -2.34. The molecule has 0 saturated heterocycles. The highest BCUT2D eigenvalue weighted by atomic mass is 16.5. The van der Waals surface area contributed by atoms with Gasteiger partial charge in [-0.05, 0) is 86.1 Å². The number of para-hydroxylation sites is 2. The van der Waals surface area contributed by atoms with Gasteiger partial charge in [0.05, 0.1) is 26.4 Å². The average molecular weight is 955 g/mol. The van der Waals surface area contributed by atoms with Gasteiger partial charge in [0, 0.05) is 82.8 Å². The summed E-state index contributed by atoms with van der Waals surface area (Å²) in [5, 5.41) is 6.06. The van der Waals surface area contributed by atoms with Crippen LogP contribution in [0.2, 0.25) is 0 Å². The number of amides is 2. The summed E-state index contributed by atoms with van der Waals surface area (Å²) in [6.07, 6.45) is 7.14. The Balaban J connectivity index is 1.42. The number of fused-ring (bicyclic) bond motifs is 8. The highest BCUT2D eigenvalue weighted by Crippen LogP contribution is 2.41. The molecule has 0 spiro atoms. The molecular formula is C54H62N6O10. The van der Waals surface area contributed by atoms with Crippen molar-refractivity contribution in [1.29, 1.82) is 0 Å². The van der Waals surface area contributed by atoms with Gasteiger partial charge in [0.2, 0.25) is 11.8 Å². The van der Waals surface area contributed by atoms with Crippen LogP contribution in [0.3, 0.4) is 0 Å². The van der Waals surface area contributed by atoms with Gasteiger partial charge in [-0.1, -0.05) is 64.1 Å². The number of carbonyl (C=O) groups excluding carboxylic acids is 2. The number of hydrogen-bond acceptors (Lipinski definition) is 10. The van der Waals surface area contributed by atoms with E-state index in [1.807, 2.05) is 88.4 Å². The van der Waals surface area contributed by atoms with E-state index in [-0.39, 0.29) is 13.1 Å². The predicted molar refractivity (Wildman–Crippen MR) is 270 cm³/mol.